The zero-order chi connectivity index (χ0) is 14.3. The van der Waals surface area contributed by atoms with Crippen LogP contribution in [0.1, 0.15) is 5.56 Å². The Balaban J connectivity index is 2.27. The second-order valence-electron chi connectivity index (χ2n) is 4.69. The van der Waals surface area contributed by atoms with E-state index in [9.17, 15) is 15.0 Å². The van der Waals surface area contributed by atoms with Crippen molar-refractivity contribution in [3.05, 3.63) is 58.4 Å². The summed E-state index contributed by atoms with van der Waals surface area (Å²) >= 11 is 0. The molecule has 0 aliphatic carbocycles. The summed E-state index contributed by atoms with van der Waals surface area (Å²) in [5.74, 6) is -0.499. The van der Waals surface area contributed by atoms with Gasteiger partial charge in [-0.15, -0.1) is 0 Å². The third kappa shape index (κ3) is 2.01. The lowest BCUT2D eigenvalue weighted by Gasteiger charge is -2.05. The number of hydrogen-bond donors (Lipinski definition) is 2. The smallest absolute Gasteiger partial charge is 0.344 e. The van der Waals surface area contributed by atoms with Gasteiger partial charge in [0, 0.05) is 5.39 Å². The van der Waals surface area contributed by atoms with Crippen LogP contribution in [0.3, 0.4) is 0 Å². The van der Waals surface area contributed by atoms with Crippen molar-refractivity contribution in [2.24, 2.45) is 0 Å². The predicted octanol–water partition coefficient (Wildman–Crippen LogP) is 3.18. The van der Waals surface area contributed by atoms with Crippen molar-refractivity contribution in [3.8, 4) is 22.6 Å². The molecule has 0 fully saturated rings. The molecule has 4 nitrogen and oxygen atoms in total. The van der Waals surface area contributed by atoms with E-state index in [1.807, 2.05) is 19.1 Å². The molecule has 0 radical (unpaired) electrons. The summed E-state index contributed by atoms with van der Waals surface area (Å²) in [6, 6.07) is 11.5. The van der Waals surface area contributed by atoms with Crippen molar-refractivity contribution >= 4 is 11.0 Å². The fraction of sp³-hybridized carbons (Fsp3) is 0.0625. The van der Waals surface area contributed by atoms with Crippen molar-refractivity contribution in [1.29, 1.82) is 0 Å². The van der Waals surface area contributed by atoms with Gasteiger partial charge in [-0.25, -0.2) is 4.79 Å². The second kappa shape index (κ2) is 4.42. The van der Waals surface area contributed by atoms with Gasteiger partial charge in [0.05, 0.1) is 5.56 Å². The predicted molar refractivity (Wildman–Crippen MR) is 76.0 cm³/mol. The summed E-state index contributed by atoms with van der Waals surface area (Å²) in [5.41, 5.74) is 1.94. The van der Waals surface area contributed by atoms with Crippen molar-refractivity contribution in [1.82, 2.24) is 0 Å². The molecule has 1 aromatic heterocycles. The number of phenols is 2. The Morgan fingerprint density at radius 1 is 0.950 bits per heavy atom. The zero-order valence-corrected chi connectivity index (χ0v) is 10.8. The number of hydrogen-bond acceptors (Lipinski definition) is 4. The summed E-state index contributed by atoms with van der Waals surface area (Å²) < 4.78 is 5.27. The molecule has 1 heterocycles. The first kappa shape index (κ1) is 12.3. The molecule has 0 amide bonds. The SMILES string of the molecule is Cc1ccc2oc(=O)c(-c3ccc(O)c(O)c3)cc2c1. The highest BCUT2D eigenvalue weighted by molar-refractivity contribution is 5.82. The van der Waals surface area contributed by atoms with E-state index in [2.05, 4.69) is 0 Å². The fourth-order valence-electron chi connectivity index (χ4n) is 2.14. The van der Waals surface area contributed by atoms with E-state index in [4.69, 9.17) is 4.42 Å². The number of aryl methyl sites for hydroxylation is 1. The van der Waals surface area contributed by atoms with Gasteiger partial charge in [-0.1, -0.05) is 17.7 Å². The topological polar surface area (TPSA) is 70.7 Å². The van der Waals surface area contributed by atoms with E-state index in [1.165, 1.54) is 12.1 Å². The van der Waals surface area contributed by atoms with Crippen molar-refractivity contribution in [3.63, 3.8) is 0 Å². The fourth-order valence-corrected chi connectivity index (χ4v) is 2.14. The average molecular weight is 268 g/mol. The molecule has 2 N–H and O–H groups in total. The third-order valence-electron chi connectivity index (χ3n) is 3.17. The van der Waals surface area contributed by atoms with Crippen LogP contribution < -0.4 is 5.63 Å². The molecule has 0 saturated carbocycles. The number of phenolic OH excluding ortho intramolecular Hbond substituents is 2. The van der Waals surface area contributed by atoms with Gasteiger partial charge in [-0.05, 0) is 42.8 Å². The van der Waals surface area contributed by atoms with Crippen molar-refractivity contribution in [2.75, 3.05) is 0 Å². The van der Waals surface area contributed by atoms with Gasteiger partial charge < -0.3 is 14.6 Å². The Hall–Kier alpha value is -2.75. The molecule has 0 aliphatic heterocycles. The zero-order valence-electron chi connectivity index (χ0n) is 10.8. The molecule has 0 spiro atoms. The van der Waals surface area contributed by atoms with Crippen LogP contribution in [0.15, 0.2) is 51.7 Å². The van der Waals surface area contributed by atoms with E-state index in [1.54, 1.807) is 18.2 Å². The minimum Gasteiger partial charge on any atom is -0.504 e. The monoisotopic (exact) mass is 268 g/mol. The summed E-state index contributed by atoms with van der Waals surface area (Å²) in [5, 5.41) is 19.7. The Bertz CT molecular complexity index is 862. The minimum atomic E-state index is -0.480. The van der Waals surface area contributed by atoms with Gasteiger partial charge in [0.15, 0.2) is 11.5 Å². The molecule has 3 rings (SSSR count). The molecule has 0 unspecified atom stereocenters. The lowest BCUT2D eigenvalue weighted by atomic mass is 10.0. The molecular weight excluding hydrogens is 256 g/mol. The van der Waals surface area contributed by atoms with E-state index in [-0.39, 0.29) is 11.5 Å². The number of fused-ring (bicyclic) bond motifs is 1. The van der Waals surface area contributed by atoms with Crippen LogP contribution in [0, 0.1) is 6.92 Å². The van der Waals surface area contributed by atoms with E-state index in [0.717, 1.165) is 10.9 Å². The maximum Gasteiger partial charge on any atom is 0.344 e. The summed E-state index contributed by atoms with van der Waals surface area (Å²) in [4.78, 5) is 12.0. The van der Waals surface area contributed by atoms with Gasteiger partial charge in [-0.2, -0.15) is 0 Å². The summed E-state index contributed by atoms with van der Waals surface area (Å²) in [6.45, 7) is 1.95. The summed E-state index contributed by atoms with van der Waals surface area (Å²) in [6.07, 6.45) is 0. The van der Waals surface area contributed by atoms with Crippen LogP contribution >= 0.6 is 0 Å². The van der Waals surface area contributed by atoms with Crippen LogP contribution in [-0.4, -0.2) is 10.2 Å². The van der Waals surface area contributed by atoms with E-state index < -0.39 is 5.63 Å². The first-order valence-corrected chi connectivity index (χ1v) is 6.11. The largest absolute Gasteiger partial charge is 0.504 e. The number of aromatic hydroxyl groups is 2. The van der Waals surface area contributed by atoms with Gasteiger partial charge in [0.2, 0.25) is 0 Å². The lowest BCUT2D eigenvalue weighted by Crippen LogP contribution is -2.02. The van der Waals surface area contributed by atoms with Gasteiger partial charge in [-0.3, -0.25) is 0 Å². The van der Waals surface area contributed by atoms with Crippen LogP contribution in [-0.2, 0) is 0 Å². The highest BCUT2D eigenvalue weighted by atomic mass is 16.4. The normalized spacial score (nSPS) is 10.8. The Kier molecular flexibility index (Phi) is 2.71. The maximum atomic E-state index is 12.0. The van der Waals surface area contributed by atoms with Crippen molar-refractivity contribution in [2.45, 2.75) is 6.92 Å². The maximum absolute atomic E-state index is 12.0. The molecule has 20 heavy (non-hydrogen) atoms. The van der Waals surface area contributed by atoms with Gasteiger partial charge in [0.1, 0.15) is 5.58 Å². The quantitative estimate of drug-likeness (QED) is 0.525. The third-order valence-corrected chi connectivity index (χ3v) is 3.17. The molecule has 0 saturated heterocycles. The molecule has 3 aromatic rings. The Morgan fingerprint density at radius 3 is 2.50 bits per heavy atom. The molecule has 0 bridgehead atoms. The molecule has 2 aromatic carbocycles. The highest BCUT2D eigenvalue weighted by Crippen LogP contribution is 2.30. The highest BCUT2D eigenvalue weighted by Gasteiger charge is 2.10. The van der Waals surface area contributed by atoms with E-state index in [0.29, 0.717) is 16.7 Å². The first-order valence-electron chi connectivity index (χ1n) is 6.11. The lowest BCUT2D eigenvalue weighted by molar-refractivity contribution is 0.404. The second-order valence-corrected chi connectivity index (χ2v) is 4.69. The van der Waals surface area contributed by atoms with Crippen molar-refractivity contribution < 1.29 is 14.6 Å². The average Bonchev–Trinajstić information content (AvgIpc) is 2.42. The van der Waals surface area contributed by atoms with E-state index >= 15 is 0 Å². The Labute approximate surface area is 114 Å². The molecule has 0 atom stereocenters. The number of benzene rings is 2. The van der Waals surface area contributed by atoms with Gasteiger partial charge in [0.25, 0.3) is 0 Å². The molecule has 0 aliphatic rings. The summed E-state index contributed by atoms with van der Waals surface area (Å²) in [7, 11) is 0. The molecule has 4 heteroatoms. The minimum absolute atomic E-state index is 0.227. The van der Waals surface area contributed by atoms with Gasteiger partial charge >= 0.3 is 5.63 Å². The first-order chi connectivity index (χ1) is 9.54. The van der Waals surface area contributed by atoms with Crippen LogP contribution in [0.5, 0.6) is 11.5 Å². The Morgan fingerprint density at radius 2 is 1.75 bits per heavy atom. The van der Waals surface area contributed by atoms with Crippen LogP contribution in [0.4, 0.5) is 0 Å². The van der Waals surface area contributed by atoms with Crippen LogP contribution in [0.25, 0.3) is 22.1 Å². The van der Waals surface area contributed by atoms with Crippen LogP contribution in [0.2, 0.25) is 0 Å². The standard InChI is InChI=1S/C16H12O4/c1-9-2-5-15-11(6-9)7-12(16(19)20-15)10-3-4-13(17)14(18)8-10/h2-8,17-18H,1H3. The number of rotatable bonds is 1. The molecular formula is C16H12O4. The molecule has 100 valence electrons.